The first-order valence-corrected chi connectivity index (χ1v) is 8.48. The number of hydrogen-bond acceptors (Lipinski definition) is 5. The zero-order valence-corrected chi connectivity index (χ0v) is 15.7. The number of amides is 2. The fraction of sp³-hybridized carbons (Fsp3) is 0.211. The van der Waals surface area contributed by atoms with Crippen LogP contribution in [0.4, 0.5) is 10.5 Å². The summed E-state index contributed by atoms with van der Waals surface area (Å²) in [6.07, 6.45) is -0.689. The van der Waals surface area contributed by atoms with E-state index in [-0.39, 0.29) is 18.9 Å². The van der Waals surface area contributed by atoms with Crippen LogP contribution in [-0.4, -0.2) is 24.8 Å². The molecule has 27 heavy (non-hydrogen) atoms. The van der Waals surface area contributed by atoms with Gasteiger partial charge in [0, 0.05) is 16.4 Å². The number of nitrogens with zero attached hydrogens (tertiary/aromatic N) is 1. The van der Waals surface area contributed by atoms with Gasteiger partial charge < -0.3 is 14.8 Å². The van der Waals surface area contributed by atoms with E-state index >= 15 is 0 Å². The molecule has 0 bridgehead atoms. The van der Waals surface area contributed by atoms with Gasteiger partial charge in [-0.1, -0.05) is 29.8 Å². The van der Waals surface area contributed by atoms with Crippen molar-refractivity contribution in [3.05, 3.63) is 59.1 Å². The highest BCUT2D eigenvalue weighted by molar-refractivity contribution is 6.30. The first kappa shape index (κ1) is 20.3. The van der Waals surface area contributed by atoms with E-state index < -0.39 is 6.09 Å². The molecule has 0 aliphatic rings. The number of ether oxygens (including phenoxy) is 2. The smallest absolute Gasteiger partial charge is 0.428 e. The Balaban J connectivity index is 1.74. The van der Waals surface area contributed by atoms with Gasteiger partial charge in [-0.25, -0.2) is 10.2 Å². The van der Waals surface area contributed by atoms with Crippen molar-refractivity contribution in [2.45, 2.75) is 20.0 Å². The highest BCUT2D eigenvalue weighted by atomic mass is 35.5. The number of rotatable bonds is 7. The summed E-state index contributed by atoms with van der Waals surface area (Å²) in [7, 11) is 1.58. The van der Waals surface area contributed by atoms with Gasteiger partial charge in [-0.2, -0.15) is 5.10 Å². The van der Waals surface area contributed by atoms with Gasteiger partial charge in [0.05, 0.1) is 13.5 Å². The normalized spacial score (nSPS) is 10.9. The number of carbonyl (C=O) groups excluding carboxylic acids is 2. The van der Waals surface area contributed by atoms with E-state index in [1.165, 1.54) is 0 Å². The number of anilines is 1. The fourth-order valence-electron chi connectivity index (χ4n) is 2.09. The third kappa shape index (κ3) is 7.37. The largest absolute Gasteiger partial charge is 0.497 e. The molecule has 0 atom stereocenters. The number of carbonyl (C=O) groups is 2. The van der Waals surface area contributed by atoms with Crippen LogP contribution in [0.15, 0.2) is 53.6 Å². The Morgan fingerprint density at radius 3 is 2.56 bits per heavy atom. The maximum Gasteiger partial charge on any atom is 0.428 e. The fourth-order valence-corrected chi connectivity index (χ4v) is 2.28. The molecule has 0 heterocycles. The lowest BCUT2D eigenvalue weighted by Gasteiger charge is -2.07. The minimum Gasteiger partial charge on any atom is -0.497 e. The number of halogens is 1. The molecule has 0 aliphatic heterocycles. The third-order valence-electron chi connectivity index (χ3n) is 3.39. The SMILES string of the molecule is COc1ccc(COC(=O)NN=C(C)CC(=O)Nc2cccc(Cl)c2)cc1. The van der Waals surface area contributed by atoms with E-state index in [0.29, 0.717) is 16.4 Å². The summed E-state index contributed by atoms with van der Waals surface area (Å²) in [4.78, 5) is 23.6. The zero-order valence-electron chi connectivity index (χ0n) is 15.0. The van der Waals surface area contributed by atoms with Crippen LogP contribution in [0.25, 0.3) is 0 Å². The molecule has 8 heteroatoms. The van der Waals surface area contributed by atoms with Crippen molar-refractivity contribution in [3.8, 4) is 5.75 Å². The summed E-state index contributed by atoms with van der Waals surface area (Å²) in [6.45, 7) is 1.72. The first-order chi connectivity index (χ1) is 13.0. The Bertz CT molecular complexity index is 822. The van der Waals surface area contributed by atoms with Crippen LogP contribution in [0.5, 0.6) is 5.75 Å². The second kappa shape index (κ2) is 10.2. The highest BCUT2D eigenvalue weighted by Crippen LogP contribution is 2.15. The molecule has 0 spiro atoms. The van der Waals surface area contributed by atoms with E-state index in [0.717, 1.165) is 11.3 Å². The molecular weight excluding hydrogens is 370 g/mol. The lowest BCUT2D eigenvalue weighted by atomic mass is 10.2. The molecule has 0 radical (unpaired) electrons. The van der Waals surface area contributed by atoms with Gasteiger partial charge in [0.15, 0.2) is 0 Å². The average molecular weight is 390 g/mol. The third-order valence-corrected chi connectivity index (χ3v) is 3.63. The molecular formula is C19H20ClN3O4. The molecule has 2 rings (SSSR count). The number of benzene rings is 2. The van der Waals surface area contributed by atoms with Gasteiger partial charge >= 0.3 is 6.09 Å². The van der Waals surface area contributed by atoms with Crippen LogP contribution in [0.2, 0.25) is 5.02 Å². The van der Waals surface area contributed by atoms with Crippen molar-refractivity contribution in [1.82, 2.24) is 5.43 Å². The lowest BCUT2D eigenvalue weighted by Crippen LogP contribution is -2.22. The summed E-state index contributed by atoms with van der Waals surface area (Å²) < 4.78 is 10.1. The Kier molecular flexibility index (Phi) is 7.63. The van der Waals surface area contributed by atoms with Crippen molar-refractivity contribution >= 4 is 35.0 Å². The monoisotopic (exact) mass is 389 g/mol. The second-order valence-corrected chi connectivity index (χ2v) is 6.05. The lowest BCUT2D eigenvalue weighted by molar-refractivity contribution is -0.115. The Morgan fingerprint density at radius 2 is 1.89 bits per heavy atom. The first-order valence-electron chi connectivity index (χ1n) is 8.10. The van der Waals surface area contributed by atoms with E-state index in [1.807, 2.05) is 0 Å². The molecule has 0 unspecified atom stereocenters. The van der Waals surface area contributed by atoms with Gasteiger partial charge in [-0.15, -0.1) is 0 Å². The van der Waals surface area contributed by atoms with Gasteiger partial charge in [-0.3, -0.25) is 4.79 Å². The molecule has 0 saturated heterocycles. The Morgan fingerprint density at radius 1 is 1.15 bits per heavy atom. The zero-order chi connectivity index (χ0) is 19.6. The van der Waals surface area contributed by atoms with Crippen LogP contribution >= 0.6 is 11.6 Å². The average Bonchev–Trinajstić information content (AvgIpc) is 2.65. The number of methoxy groups -OCH3 is 1. The molecule has 142 valence electrons. The summed E-state index contributed by atoms with van der Waals surface area (Å²) in [5.41, 5.74) is 4.08. The van der Waals surface area contributed by atoms with Crippen molar-refractivity contribution in [1.29, 1.82) is 0 Å². The minimum atomic E-state index is -0.708. The van der Waals surface area contributed by atoms with Crippen LogP contribution in [-0.2, 0) is 16.1 Å². The summed E-state index contributed by atoms with van der Waals surface area (Å²) in [5.74, 6) is 0.450. The quantitative estimate of drug-likeness (QED) is 0.553. The Labute approximate surface area is 162 Å². The molecule has 0 saturated carbocycles. The molecule has 2 aromatic carbocycles. The predicted octanol–water partition coefficient (Wildman–Crippen LogP) is 3.98. The maximum atomic E-state index is 12.0. The summed E-state index contributed by atoms with van der Waals surface area (Å²) in [5, 5.41) is 7.07. The van der Waals surface area contributed by atoms with Gasteiger partial charge in [0.2, 0.25) is 5.91 Å². The molecule has 2 amide bonds. The van der Waals surface area contributed by atoms with Crippen molar-refractivity contribution < 1.29 is 19.1 Å². The second-order valence-electron chi connectivity index (χ2n) is 5.62. The summed E-state index contributed by atoms with van der Waals surface area (Å²) >= 11 is 5.87. The number of hydrogen-bond donors (Lipinski definition) is 2. The van der Waals surface area contributed by atoms with E-state index in [2.05, 4.69) is 15.8 Å². The maximum absolute atomic E-state index is 12.0. The standard InChI is InChI=1S/C19H20ClN3O4/c1-13(10-18(24)21-16-5-3-4-15(20)11-16)22-23-19(25)27-12-14-6-8-17(26-2)9-7-14/h3-9,11H,10,12H2,1-2H3,(H,21,24)(H,23,25). The minimum absolute atomic E-state index is 0.0191. The van der Waals surface area contributed by atoms with E-state index in [4.69, 9.17) is 21.1 Å². The van der Waals surface area contributed by atoms with E-state index in [1.54, 1.807) is 62.6 Å². The number of nitrogens with one attached hydrogen (secondary N) is 2. The topological polar surface area (TPSA) is 89.0 Å². The number of hydrazone groups is 1. The van der Waals surface area contributed by atoms with E-state index in [9.17, 15) is 9.59 Å². The van der Waals surface area contributed by atoms with Crippen LogP contribution < -0.4 is 15.5 Å². The van der Waals surface area contributed by atoms with Crippen LogP contribution in [0, 0.1) is 0 Å². The van der Waals surface area contributed by atoms with Gasteiger partial charge in [-0.05, 0) is 42.8 Å². The summed E-state index contributed by atoms with van der Waals surface area (Å²) in [6, 6.07) is 14.0. The van der Waals surface area contributed by atoms with Crippen molar-refractivity contribution in [2.24, 2.45) is 5.10 Å². The van der Waals surface area contributed by atoms with Gasteiger partial charge in [0.25, 0.3) is 0 Å². The molecule has 0 aromatic heterocycles. The molecule has 2 aromatic rings. The molecule has 7 nitrogen and oxygen atoms in total. The molecule has 0 aliphatic carbocycles. The highest BCUT2D eigenvalue weighted by Gasteiger charge is 2.07. The van der Waals surface area contributed by atoms with Crippen LogP contribution in [0.3, 0.4) is 0 Å². The van der Waals surface area contributed by atoms with Gasteiger partial charge in [0.1, 0.15) is 12.4 Å². The Hall–Kier alpha value is -3.06. The van der Waals surface area contributed by atoms with Crippen molar-refractivity contribution in [2.75, 3.05) is 12.4 Å². The molecule has 0 fully saturated rings. The van der Waals surface area contributed by atoms with Crippen LogP contribution in [0.1, 0.15) is 18.9 Å². The molecule has 2 N–H and O–H groups in total. The predicted molar refractivity (Wildman–Crippen MR) is 104 cm³/mol. The van der Waals surface area contributed by atoms with Crippen molar-refractivity contribution in [3.63, 3.8) is 0 Å².